The van der Waals surface area contributed by atoms with Gasteiger partial charge in [-0.3, -0.25) is 0 Å². The van der Waals surface area contributed by atoms with Gasteiger partial charge in [-0.1, -0.05) is 51.9 Å². The summed E-state index contributed by atoms with van der Waals surface area (Å²) in [6, 6.07) is 0. The molecule has 0 radical (unpaired) electrons. The van der Waals surface area contributed by atoms with Gasteiger partial charge in [0.1, 0.15) is 4.61 Å². The number of hydrogen-bond donors (Lipinski definition) is 0. The lowest BCUT2D eigenvalue weighted by atomic mass is 10.1. The van der Waals surface area contributed by atoms with Crippen LogP contribution in [0.15, 0.2) is 0 Å². The Hall–Kier alpha value is 0. The molecular formula is C12H23IO3. The van der Waals surface area contributed by atoms with Crippen LogP contribution in [0.2, 0.25) is 0 Å². The van der Waals surface area contributed by atoms with Crippen molar-refractivity contribution in [2.24, 2.45) is 0 Å². The van der Waals surface area contributed by atoms with E-state index in [1.54, 1.807) is 0 Å². The number of alkyl halides is 1. The second-order valence-corrected chi connectivity index (χ2v) is 4.45. The minimum atomic E-state index is -0.544. The van der Waals surface area contributed by atoms with Gasteiger partial charge in [-0.05, 0) is 29.0 Å². The summed E-state index contributed by atoms with van der Waals surface area (Å²) in [4.78, 5) is 10.8. The quantitative estimate of drug-likeness (QED) is 0.250. The van der Waals surface area contributed by atoms with Crippen LogP contribution >= 0.6 is 22.6 Å². The summed E-state index contributed by atoms with van der Waals surface area (Å²) in [5.74, 6) is 0. The highest BCUT2D eigenvalue weighted by molar-refractivity contribution is 14.1. The van der Waals surface area contributed by atoms with E-state index in [0.29, 0.717) is 11.2 Å². The van der Waals surface area contributed by atoms with Crippen LogP contribution in [-0.4, -0.2) is 17.4 Å². The number of carbonyl (C=O) groups excluding carboxylic acids is 1. The zero-order chi connectivity index (χ0) is 12.1. The Morgan fingerprint density at radius 1 is 0.938 bits per heavy atom. The second kappa shape index (κ2) is 13.1. The Balaban J connectivity index is 3.01. The lowest BCUT2D eigenvalue weighted by Crippen LogP contribution is -2.06. The first kappa shape index (κ1) is 16.0. The van der Waals surface area contributed by atoms with Crippen molar-refractivity contribution >= 4 is 28.7 Å². The monoisotopic (exact) mass is 342 g/mol. The first-order chi connectivity index (χ1) is 7.81. The van der Waals surface area contributed by atoms with E-state index in [9.17, 15) is 4.79 Å². The van der Waals surface area contributed by atoms with Crippen LogP contribution in [0.4, 0.5) is 4.79 Å². The van der Waals surface area contributed by atoms with Gasteiger partial charge in [0.15, 0.2) is 0 Å². The maximum absolute atomic E-state index is 10.8. The fourth-order valence-corrected chi connectivity index (χ4v) is 1.73. The molecule has 3 nitrogen and oxygen atoms in total. The average molecular weight is 342 g/mol. The summed E-state index contributed by atoms with van der Waals surface area (Å²) in [5, 5.41) is 0. The van der Waals surface area contributed by atoms with Crippen LogP contribution in [0.3, 0.4) is 0 Å². The van der Waals surface area contributed by atoms with Crippen molar-refractivity contribution in [3.8, 4) is 0 Å². The Bertz CT molecular complexity index is 162. The largest absolute Gasteiger partial charge is 0.509 e. The Morgan fingerprint density at radius 3 is 2.06 bits per heavy atom. The second-order valence-electron chi connectivity index (χ2n) is 3.83. The van der Waals surface area contributed by atoms with E-state index >= 15 is 0 Å². The van der Waals surface area contributed by atoms with Gasteiger partial charge in [-0.15, -0.1) is 0 Å². The molecule has 0 saturated heterocycles. The van der Waals surface area contributed by atoms with E-state index in [4.69, 9.17) is 4.74 Å². The van der Waals surface area contributed by atoms with Crippen LogP contribution in [-0.2, 0) is 9.47 Å². The van der Waals surface area contributed by atoms with Gasteiger partial charge in [0.05, 0.1) is 6.61 Å². The average Bonchev–Trinajstić information content (AvgIpc) is 2.27. The third kappa shape index (κ3) is 12.1. The predicted molar refractivity (Wildman–Crippen MR) is 73.9 cm³/mol. The van der Waals surface area contributed by atoms with Gasteiger partial charge in [0.2, 0.25) is 0 Å². The van der Waals surface area contributed by atoms with E-state index in [1.165, 1.54) is 38.5 Å². The maximum atomic E-state index is 10.8. The molecule has 0 rings (SSSR count). The van der Waals surface area contributed by atoms with Gasteiger partial charge >= 0.3 is 6.16 Å². The van der Waals surface area contributed by atoms with Crippen molar-refractivity contribution in [3.05, 3.63) is 0 Å². The summed E-state index contributed by atoms with van der Waals surface area (Å²) < 4.78 is 9.86. The molecule has 0 amide bonds. The van der Waals surface area contributed by atoms with Crippen molar-refractivity contribution in [1.29, 1.82) is 0 Å². The van der Waals surface area contributed by atoms with Crippen LogP contribution < -0.4 is 0 Å². The molecule has 0 fully saturated rings. The third-order valence-electron chi connectivity index (χ3n) is 2.39. The zero-order valence-electron chi connectivity index (χ0n) is 10.2. The highest BCUT2D eigenvalue weighted by Gasteiger charge is 2.00. The van der Waals surface area contributed by atoms with Crippen LogP contribution in [0, 0.1) is 0 Å². The molecule has 0 aromatic rings. The molecule has 16 heavy (non-hydrogen) atoms. The number of hydrogen-bond acceptors (Lipinski definition) is 3. The van der Waals surface area contributed by atoms with Gasteiger partial charge < -0.3 is 9.47 Å². The van der Waals surface area contributed by atoms with E-state index in [1.807, 2.05) is 22.6 Å². The summed E-state index contributed by atoms with van der Waals surface area (Å²) in [6.45, 7) is 2.72. The zero-order valence-corrected chi connectivity index (χ0v) is 12.3. The summed E-state index contributed by atoms with van der Waals surface area (Å²) in [6.07, 6.45) is 9.44. The Labute approximate surface area is 112 Å². The molecule has 0 saturated carbocycles. The maximum Gasteiger partial charge on any atom is 0.509 e. The minimum absolute atomic E-state index is 0.355. The topological polar surface area (TPSA) is 35.5 Å². The first-order valence-electron chi connectivity index (χ1n) is 6.16. The minimum Gasteiger partial charge on any atom is -0.434 e. The van der Waals surface area contributed by atoms with E-state index in [0.717, 1.165) is 12.8 Å². The molecule has 0 spiro atoms. The molecule has 0 unspecified atom stereocenters. The van der Waals surface area contributed by atoms with E-state index in [2.05, 4.69) is 11.7 Å². The van der Waals surface area contributed by atoms with Crippen molar-refractivity contribution in [2.45, 2.75) is 58.3 Å². The Morgan fingerprint density at radius 2 is 1.50 bits per heavy atom. The summed E-state index contributed by atoms with van der Waals surface area (Å²) in [7, 11) is 0. The van der Waals surface area contributed by atoms with Gasteiger partial charge in [0, 0.05) is 0 Å². The fraction of sp³-hybridized carbons (Fsp3) is 0.917. The summed E-state index contributed by atoms with van der Waals surface area (Å²) in [5.41, 5.74) is 0. The molecule has 0 aromatic heterocycles. The first-order valence-corrected chi connectivity index (χ1v) is 7.69. The smallest absolute Gasteiger partial charge is 0.434 e. The molecule has 0 N–H and O–H groups in total. The van der Waals surface area contributed by atoms with Crippen LogP contribution in [0.1, 0.15) is 58.3 Å². The molecule has 0 aliphatic heterocycles. The number of unbranched alkanes of at least 4 members (excludes halogenated alkanes) is 7. The van der Waals surface area contributed by atoms with Crippen molar-refractivity contribution in [3.63, 3.8) is 0 Å². The predicted octanol–water partition coefficient (Wildman–Crippen LogP) is 4.67. The highest BCUT2D eigenvalue weighted by Crippen LogP contribution is 2.08. The van der Waals surface area contributed by atoms with Crippen molar-refractivity contribution in [2.75, 3.05) is 11.2 Å². The lowest BCUT2D eigenvalue weighted by molar-refractivity contribution is 0.0694. The van der Waals surface area contributed by atoms with Crippen molar-refractivity contribution in [1.82, 2.24) is 0 Å². The summed E-state index contributed by atoms with van der Waals surface area (Å²) >= 11 is 1.97. The molecule has 0 atom stereocenters. The molecule has 0 heterocycles. The number of ether oxygens (including phenoxy) is 2. The van der Waals surface area contributed by atoms with Crippen LogP contribution in [0.5, 0.6) is 0 Å². The molecule has 0 aliphatic carbocycles. The SMILES string of the molecule is CCCCCCCCCCOC(=O)OCI. The fourth-order valence-electron chi connectivity index (χ4n) is 1.48. The van der Waals surface area contributed by atoms with Crippen LogP contribution in [0.25, 0.3) is 0 Å². The van der Waals surface area contributed by atoms with Gasteiger partial charge in [0.25, 0.3) is 0 Å². The lowest BCUT2D eigenvalue weighted by Gasteiger charge is -2.04. The van der Waals surface area contributed by atoms with Crippen molar-refractivity contribution < 1.29 is 14.3 Å². The molecule has 0 aromatic carbocycles. The van der Waals surface area contributed by atoms with Gasteiger partial charge in [-0.2, -0.15) is 0 Å². The number of halogens is 1. The molecule has 4 heteroatoms. The van der Waals surface area contributed by atoms with E-state index in [-0.39, 0.29) is 0 Å². The molecular weight excluding hydrogens is 319 g/mol. The molecule has 0 bridgehead atoms. The van der Waals surface area contributed by atoms with E-state index < -0.39 is 6.16 Å². The molecule has 96 valence electrons. The standard InChI is InChI=1S/C12H23IO3/c1-2-3-4-5-6-7-8-9-10-15-12(14)16-11-13/h2-11H2,1H3. The molecule has 0 aliphatic rings. The third-order valence-corrected chi connectivity index (χ3v) is 2.70. The Kier molecular flexibility index (Phi) is 13.1. The highest BCUT2D eigenvalue weighted by atomic mass is 127. The number of carbonyl (C=O) groups is 1. The van der Waals surface area contributed by atoms with Gasteiger partial charge in [-0.25, -0.2) is 4.79 Å². The normalized spacial score (nSPS) is 10.1. The number of rotatable bonds is 10.